The molecule has 1 aromatic carbocycles. The van der Waals surface area contributed by atoms with Gasteiger partial charge in [-0.3, -0.25) is 5.41 Å². The molecule has 0 saturated carbocycles. The Morgan fingerprint density at radius 2 is 2.10 bits per heavy atom. The van der Waals surface area contributed by atoms with Gasteiger partial charge in [-0.1, -0.05) is 25.6 Å². The second-order valence-electron chi connectivity index (χ2n) is 5.10. The molecule has 2 aromatic rings. The molecular formula is C15H18N2O2S. The van der Waals surface area contributed by atoms with Crippen molar-refractivity contribution >= 4 is 27.9 Å². The summed E-state index contributed by atoms with van der Waals surface area (Å²) in [5.41, 5.74) is 8.81. The molecule has 0 unspecified atom stereocenters. The quantitative estimate of drug-likeness (QED) is 0.516. The van der Waals surface area contributed by atoms with Crippen LogP contribution < -0.4 is 11.4 Å². The Morgan fingerprint density at radius 1 is 1.40 bits per heavy atom. The number of amidine groups is 1. The van der Waals surface area contributed by atoms with Crippen LogP contribution in [0.2, 0.25) is 0 Å². The zero-order chi connectivity index (χ0) is 14.9. The number of benzene rings is 1. The van der Waals surface area contributed by atoms with E-state index in [9.17, 15) is 4.79 Å². The minimum atomic E-state index is -0.367. The van der Waals surface area contributed by atoms with Gasteiger partial charge in [0.25, 0.3) is 0 Å². The van der Waals surface area contributed by atoms with Gasteiger partial charge in [0.05, 0.1) is 0 Å². The smallest absolute Gasteiger partial charge is 0.336 e. The summed E-state index contributed by atoms with van der Waals surface area (Å²) in [5, 5.41) is 8.26. The van der Waals surface area contributed by atoms with Crippen molar-refractivity contribution in [3.8, 4) is 0 Å². The van der Waals surface area contributed by atoms with Crippen molar-refractivity contribution in [3.63, 3.8) is 0 Å². The average Bonchev–Trinajstić information content (AvgIpc) is 2.34. The van der Waals surface area contributed by atoms with Crippen LogP contribution in [0.1, 0.15) is 36.5 Å². The van der Waals surface area contributed by atoms with E-state index in [1.165, 1.54) is 23.4 Å². The molecule has 0 fully saturated rings. The minimum Gasteiger partial charge on any atom is -0.423 e. The molecule has 0 aliphatic rings. The van der Waals surface area contributed by atoms with Crippen LogP contribution in [0, 0.1) is 12.3 Å². The molecule has 1 heterocycles. The summed E-state index contributed by atoms with van der Waals surface area (Å²) in [7, 11) is 0. The number of rotatable bonds is 3. The number of nitrogens with two attached hydrogens (primary N) is 1. The minimum absolute atomic E-state index is 0.0441. The SMILES string of the molecule is Cc1cc2oc(=O)cc(CSC(=N)N)c2cc1C(C)C. The number of hydrogen-bond acceptors (Lipinski definition) is 4. The largest absolute Gasteiger partial charge is 0.423 e. The molecule has 0 radical (unpaired) electrons. The van der Waals surface area contributed by atoms with Crippen LogP contribution in [0.15, 0.2) is 27.4 Å². The van der Waals surface area contributed by atoms with E-state index in [-0.39, 0.29) is 10.8 Å². The first-order valence-electron chi connectivity index (χ1n) is 6.42. The van der Waals surface area contributed by atoms with Crippen LogP contribution in [-0.4, -0.2) is 5.17 Å². The summed E-state index contributed by atoms with van der Waals surface area (Å²) in [5.74, 6) is 0.900. The molecule has 0 amide bonds. The molecular weight excluding hydrogens is 272 g/mol. The molecule has 5 heteroatoms. The molecule has 0 spiro atoms. The van der Waals surface area contributed by atoms with Gasteiger partial charge >= 0.3 is 5.63 Å². The van der Waals surface area contributed by atoms with E-state index in [0.29, 0.717) is 17.3 Å². The number of fused-ring (bicyclic) bond motifs is 1. The monoisotopic (exact) mass is 290 g/mol. The van der Waals surface area contributed by atoms with E-state index in [4.69, 9.17) is 15.6 Å². The Hall–Kier alpha value is -1.75. The standard InChI is InChI=1S/C15H18N2O2S/c1-8(2)11-6-12-10(7-20-15(16)17)5-14(18)19-13(12)4-9(11)3/h4-6,8H,7H2,1-3H3,(H3,16,17). The summed E-state index contributed by atoms with van der Waals surface area (Å²) < 4.78 is 5.27. The van der Waals surface area contributed by atoms with Crippen LogP contribution in [-0.2, 0) is 5.75 Å². The summed E-state index contributed by atoms with van der Waals surface area (Å²) in [6.45, 7) is 6.29. The lowest BCUT2D eigenvalue weighted by molar-refractivity contribution is 0.559. The summed E-state index contributed by atoms with van der Waals surface area (Å²) in [6.07, 6.45) is 0. The molecule has 2 rings (SSSR count). The molecule has 0 atom stereocenters. The topological polar surface area (TPSA) is 80.1 Å². The normalized spacial score (nSPS) is 11.2. The van der Waals surface area contributed by atoms with Gasteiger partial charge in [-0.15, -0.1) is 0 Å². The molecule has 106 valence electrons. The maximum Gasteiger partial charge on any atom is 0.336 e. The molecule has 20 heavy (non-hydrogen) atoms. The number of thioether (sulfide) groups is 1. The zero-order valence-electron chi connectivity index (χ0n) is 11.8. The Bertz CT molecular complexity index is 720. The lowest BCUT2D eigenvalue weighted by atomic mass is 9.95. The second kappa shape index (κ2) is 5.71. The first-order valence-corrected chi connectivity index (χ1v) is 7.41. The summed E-state index contributed by atoms with van der Waals surface area (Å²) in [6, 6.07) is 5.47. The van der Waals surface area contributed by atoms with E-state index >= 15 is 0 Å². The van der Waals surface area contributed by atoms with Crippen molar-refractivity contribution in [1.29, 1.82) is 5.41 Å². The number of hydrogen-bond donors (Lipinski definition) is 2. The van der Waals surface area contributed by atoms with Crippen molar-refractivity contribution in [2.75, 3.05) is 0 Å². The third-order valence-corrected chi connectivity index (χ3v) is 3.99. The fraction of sp³-hybridized carbons (Fsp3) is 0.333. The van der Waals surface area contributed by atoms with Crippen molar-refractivity contribution in [3.05, 3.63) is 45.3 Å². The predicted molar refractivity (Wildman–Crippen MR) is 84.5 cm³/mol. The van der Waals surface area contributed by atoms with E-state index < -0.39 is 0 Å². The van der Waals surface area contributed by atoms with Crippen LogP contribution in [0.4, 0.5) is 0 Å². The van der Waals surface area contributed by atoms with Gasteiger partial charge in [-0.2, -0.15) is 0 Å². The fourth-order valence-corrected chi connectivity index (χ4v) is 2.84. The zero-order valence-corrected chi connectivity index (χ0v) is 12.6. The van der Waals surface area contributed by atoms with Gasteiger partial charge < -0.3 is 10.2 Å². The Balaban J connectivity index is 2.63. The van der Waals surface area contributed by atoms with Crippen LogP contribution in [0.3, 0.4) is 0 Å². The highest BCUT2D eigenvalue weighted by molar-refractivity contribution is 8.13. The summed E-state index contributed by atoms with van der Waals surface area (Å²) >= 11 is 1.21. The van der Waals surface area contributed by atoms with Gasteiger partial charge in [0.1, 0.15) is 5.58 Å². The third kappa shape index (κ3) is 3.04. The van der Waals surface area contributed by atoms with Crippen molar-refractivity contribution < 1.29 is 4.42 Å². The molecule has 0 saturated heterocycles. The van der Waals surface area contributed by atoms with E-state index in [1.807, 2.05) is 13.0 Å². The predicted octanol–water partition coefficient (Wildman–Crippen LogP) is 3.35. The van der Waals surface area contributed by atoms with Gasteiger partial charge in [0.2, 0.25) is 0 Å². The first kappa shape index (κ1) is 14.7. The van der Waals surface area contributed by atoms with E-state index in [2.05, 4.69) is 19.9 Å². The molecule has 4 nitrogen and oxygen atoms in total. The Morgan fingerprint density at radius 3 is 2.70 bits per heavy atom. The maximum atomic E-state index is 11.6. The lowest BCUT2D eigenvalue weighted by Crippen LogP contribution is -2.06. The molecule has 3 N–H and O–H groups in total. The maximum absolute atomic E-state index is 11.6. The molecule has 0 bridgehead atoms. The number of aryl methyl sites for hydroxylation is 1. The molecule has 1 aromatic heterocycles. The average molecular weight is 290 g/mol. The molecule has 0 aliphatic carbocycles. The van der Waals surface area contributed by atoms with Crippen LogP contribution in [0.5, 0.6) is 0 Å². The first-order chi connectivity index (χ1) is 9.38. The molecule has 0 aliphatic heterocycles. The van der Waals surface area contributed by atoms with E-state index in [1.54, 1.807) is 0 Å². The van der Waals surface area contributed by atoms with Crippen molar-refractivity contribution in [2.24, 2.45) is 5.73 Å². The summed E-state index contributed by atoms with van der Waals surface area (Å²) in [4.78, 5) is 11.6. The van der Waals surface area contributed by atoms with E-state index in [0.717, 1.165) is 16.5 Å². The van der Waals surface area contributed by atoms with Crippen LogP contribution >= 0.6 is 11.8 Å². The second-order valence-corrected chi connectivity index (χ2v) is 6.12. The highest BCUT2D eigenvalue weighted by Gasteiger charge is 2.11. The van der Waals surface area contributed by atoms with Crippen molar-refractivity contribution in [2.45, 2.75) is 32.4 Å². The number of nitrogens with one attached hydrogen (secondary N) is 1. The van der Waals surface area contributed by atoms with Gasteiger partial charge in [-0.25, -0.2) is 4.79 Å². The highest BCUT2D eigenvalue weighted by Crippen LogP contribution is 2.28. The van der Waals surface area contributed by atoms with Gasteiger partial charge in [0, 0.05) is 17.2 Å². The van der Waals surface area contributed by atoms with Gasteiger partial charge in [-0.05, 0) is 41.7 Å². The third-order valence-electron chi connectivity index (χ3n) is 3.22. The lowest BCUT2D eigenvalue weighted by Gasteiger charge is -2.12. The van der Waals surface area contributed by atoms with Crippen molar-refractivity contribution in [1.82, 2.24) is 0 Å². The van der Waals surface area contributed by atoms with Gasteiger partial charge in [0.15, 0.2) is 5.17 Å². The fourth-order valence-electron chi connectivity index (χ4n) is 2.29. The van der Waals surface area contributed by atoms with Crippen LogP contribution in [0.25, 0.3) is 11.0 Å². The Labute approximate surface area is 121 Å². The highest BCUT2D eigenvalue weighted by atomic mass is 32.2. The Kier molecular flexibility index (Phi) is 4.18.